The second-order valence-corrected chi connectivity index (χ2v) is 9.13. The number of fused-ring (bicyclic) bond motifs is 1. The van der Waals surface area contributed by atoms with Gasteiger partial charge in [0.1, 0.15) is 11.5 Å². The van der Waals surface area contributed by atoms with Crippen LogP contribution >= 0.6 is 0 Å². The van der Waals surface area contributed by atoms with Gasteiger partial charge in [-0.05, 0) is 59.0 Å². The van der Waals surface area contributed by atoms with Crippen molar-refractivity contribution in [1.29, 1.82) is 0 Å². The molecule has 0 atom stereocenters. The van der Waals surface area contributed by atoms with E-state index < -0.39 is 11.9 Å². The number of halogens is 3. The van der Waals surface area contributed by atoms with Gasteiger partial charge in [-0.1, -0.05) is 0 Å². The fourth-order valence-electron chi connectivity index (χ4n) is 4.85. The normalized spacial score (nSPS) is 13.5. The molecule has 198 valence electrons. The van der Waals surface area contributed by atoms with Gasteiger partial charge >= 0.3 is 6.18 Å². The van der Waals surface area contributed by atoms with Gasteiger partial charge in [-0.2, -0.15) is 23.4 Å². The molecule has 1 aliphatic rings. The van der Waals surface area contributed by atoms with E-state index in [0.717, 1.165) is 10.2 Å². The summed E-state index contributed by atoms with van der Waals surface area (Å²) in [5, 5.41) is 7.90. The summed E-state index contributed by atoms with van der Waals surface area (Å²) in [5.41, 5.74) is 1.78. The first-order valence-corrected chi connectivity index (χ1v) is 11.9. The van der Waals surface area contributed by atoms with Gasteiger partial charge in [0.15, 0.2) is 5.69 Å². The van der Waals surface area contributed by atoms with Crippen molar-refractivity contribution in [3.05, 3.63) is 82.9 Å². The summed E-state index contributed by atoms with van der Waals surface area (Å²) in [6.45, 7) is 0.943. The van der Waals surface area contributed by atoms with E-state index in [1.165, 1.54) is 13.2 Å². The van der Waals surface area contributed by atoms with Gasteiger partial charge in [0, 0.05) is 55.9 Å². The molecule has 5 rings (SSSR count). The first-order chi connectivity index (χ1) is 18.2. The maximum atomic E-state index is 13.9. The molecular weight excluding hydrogens is 499 g/mol. The van der Waals surface area contributed by atoms with Gasteiger partial charge in [0.25, 0.3) is 5.91 Å². The molecule has 0 N–H and O–H groups in total. The Labute approximate surface area is 217 Å². The van der Waals surface area contributed by atoms with Crippen LogP contribution in [-0.4, -0.2) is 51.1 Å². The van der Waals surface area contributed by atoms with E-state index in [0.29, 0.717) is 59.8 Å². The molecule has 0 saturated carbocycles. The fourth-order valence-corrected chi connectivity index (χ4v) is 4.85. The average molecular weight is 526 g/mol. The number of amides is 1. The molecule has 2 aromatic carbocycles. The summed E-state index contributed by atoms with van der Waals surface area (Å²) in [4.78, 5) is 15.4. The van der Waals surface area contributed by atoms with E-state index in [-0.39, 0.29) is 11.5 Å². The highest BCUT2D eigenvalue weighted by atomic mass is 19.4. The monoisotopic (exact) mass is 525 g/mol. The molecule has 1 amide bonds. The number of hydrogen-bond donors (Lipinski definition) is 0. The number of carbonyl (C=O) groups is 1. The molecule has 38 heavy (non-hydrogen) atoms. The van der Waals surface area contributed by atoms with Crippen LogP contribution < -0.4 is 9.47 Å². The zero-order chi connectivity index (χ0) is 27.0. The third kappa shape index (κ3) is 4.96. The van der Waals surface area contributed by atoms with Crippen molar-refractivity contribution in [2.24, 2.45) is 7.05 Å². The van der Waals surface area contributed by atoms with Crippen molar-refractivity contribution in [2.75, 3.05) is 20.8 Å². The third-order valence-corrected chi connectivity index (χ3v) is 6.53. The maximum absolute atomic E-state index is 13.9. The van der Waals surface area contributed by atoms with E-state index in [1.807, 2.05) is 12.1 Å². The highest BCUT2D eigenvalue weighted by Gasteiger charge is 2.39. The lowest BCUT2D eigenvalue weighted by Crippen LogP contribution is -2.37. The fraction of sp³-hybridized carbons (Fsp3) is 0.296. The Morgan fingerprint density at radius 2 is 1.63 bits per heavy atom. The SMILES string of the molecule is COc1cc(CN2CCc3c(cc(Cn4cccn4)cc3-c3cn(C)nc3C(F)(F)F)C2=O)cc(OC)c1. The molecule has 0 radical (unpaired) electrons. The van der Waals surface area contributed by atoms with Crippen LogP contribution in [0.1, 0.15) is 32.7 Å². The van der Waals surface area contributed by atoms with Crippen molar-refractivity contribution < 1.29 is 27.4 Å². The van der Waals surface area contributed by atoms with E-state index >= 15 is 0 Å². The summed E-state index contributed by atoms with van der Waals surface area (Å²) >= 11 is 0. The molecule has 0 aliphatic carbocycles. The van der Waals surface area contributed by atoms with Crippen molar-refractivity contribution >= 4 is 5.91 Å². The number of carbonyl (C=O) groups excluding carboxylic acids is 1. The quantitative estimate of drug-likeness (QED) is 0.354. The Kier molecular flexibility index (Phi) is 6.60. The van der Waals surface area contributed by atoms with Crippen LogP contribution in [0.5, 0.6) is 11.5 Å². The van der Waals surface area contributed by atoms with Crippen LogP contribution in [0.2, 0.25) is 0 Å². The van der Waals surface area contributed by atoms with E-state index in [2.05, 4.69) is 10.2 Å². The zero-order valence-electron chi connectivity index (χ0n) is 21.1. The van der Waals surface area contributed by atoms with Gasteiger partial charge in [0.05, 0.1) is 20.8 Å². The number of methoxy groups -OCH3 is 2. The van der Waals surface area contributed by atoms with Gasteiger partial charge < -0.3 is 14.4 Å². The molecule has 8 nitrogen and oxygen atoms in total. The number of rotatable bonds is 7. The lowest BCUT2D eigenvalue weighted by atomic mass is 9.88. The predicted molar refractivity (Wildman–Crippen MR) is 133 cm³/mol. The average Bonchev–Trinajstić information content (AvgIpc) is 3.54. The number of aromatic nitrogens is 4. The first-order valence-electron chi connectivity index (χ1n) is 11.9. The number of hydrogen-bond acceptors (Lipinski definition) is 5. The molecule has 2 aromatic heterocycles. The molecule has 0 fully saturated rings. The Morgan fingerprint density at radius 1 is 0.947 bits per heavy atom. The van der Waals surface area contributed by atoms with Crippen LogP contribution in [0, 0.1) is 0 Å². The van der Waals surface area contributed by atoms with Gasteiger partial charge in [-0.25, -0.2) is 0 Å². The molecule has 11 heteroatoms. The van der Waals surface area contributed by atoms with E-state index in [1.54, 1.807) is 60.5 Å². The summed E-state index contributed by atoms with van der Waals surface area (Å²) in [6.07, 6.45) is 0.491. The Hall–Kier alpha value is -4.28. The van der Waals surface area contributed by atoms with Gasteiger partial charge in [-0.3, -0.25) is 14.2 Å². The number of aryl methyl sites for hydroxylation is 1. The van der Waals surface area contributed by atoms with Crippen molar-refractivity contribution in [3.63, 3.8) is 0 Å². The minimum Gasteiger partial charge on any atom is -0.497 e. The second-order valence-electron chi connectivity index (χ2n) is 9.13. The highest BCUT2D eigenvalue weighted by molar-refractivity contribution is 5.99. The zero-order valence-corrected chi connectivity index (χ0v) is 21.1. The molecule has 1 aliphatic heterocycles. The Bertz CT molecular complexity index is 1460. The molecule has 0 unspecified atom stereocenters. The minimum atomic E-state index is -4.64. The van der Waals surface area contributed by atoms with Gasteiger partial charge in [0.2, 0.25) is 0 Å². The molecule has 3 heterocycles. The van der Waals surface area contributed by atoms with Crippen LogP contribution in [-0.2, 0) is 32.7 Å². The summed E-state index contributed by atoms with van der Waals surface area (Å²) in [5.74, 6) is 0.947. The first kappa shape index (κ1) is 25.4. The summed E-state index contributed by atoms with van der Waals surface area (Å²) < 4.78 is 55.2. The molecule has 0 spiro atoms. The standard InChI is InChI=1S/C27H26F3N5O3/c1-33-16-24(25(32-33)27(28,29)30)22-11-18(15-35-7-4-6-31-35)12-23-21(22)5-8-34(26(23)36)14-17-9-19(37-2)13-20(10-17)38-3/h4,6-7,9-13,16H,5,8,14-15H2,1-3H3. The highest BCUT2D eigenvalue weighted by Crippen LogP contribution is 2.40. The Balaban J connectivity index is 1.58. The number of alkyl halides is 3. The molecule has 0 bridgehead atoms. The van der Waals surface area contributed by atoms with E-state index in [4.69, 9.17) is 9.47 Å². The largest absolute Gasteiger partial charge is 0.497 e. The predicted octanol–water partition coefficient (Wildman–Crippen LogP) is 4.57. The summed E-state index contributed by atoms with van der Waals surface area (Å²) in [7, 11) is 4.56. The summed E-state index contributed by atoms with van der Waals surface area (Å²) in [6, 6.07) is 10.6. The lowest BCUT2D eigenvalue weighted by molar-refractivity contribution is -0.140. The molecule has 0 saturated heterocycles. The van der Waals surface area contributed by atoms with Crippen LogP contribution in [0.15, 0.2) is 55.0 Å². The molecule has 4 aromatic rings. The maximum Gasteiger partial charge on any atom is 0.435 e. The van der Waals surface area contributed by atoms with E-state index in [9.17, 15) is 18.0 Å². The number of benzene rings is 2. The van der Waals surface area contributed by atoms with Crippen LogP contribution in [0.3, 0.4) is 0 Å². The Morgan fingerprint density at radius 3 is 2.26 bits per heavy atom. The second kappa shape index (κ2) is 9.88. The van der Waals surface area contributed by atoms with Crippen LogP contribution in [0.25, 0.3) is 11.1 Å². The smallest absolute Gasteiger partial charge is 0.435 e. The van der Waals surface area contributed by atoms with Crippen molar-refractivity contribution in [1.82, 2.24) is 24.5 Å². The van der Waals surface area contributed by atoms with Crippen LogP contribution in [0.4, 0.5) is 13.2 Å². The van der Waals surface area contributed by atoms with Gasteiger partial charge in [-0.15, -0.1) is 0 Å². The third-order valence-electron chi connectivity index (χ3n) is 6.53. The number of nitrogens with zero attached hydrogens (tertiary/aromatic N) is 5. The van der Waals surface area contributed by atoms with Crippen molar-refractivity contribution in [2.45, 2.75) is 25.7 Å². The lowest BCUT2D eigenvalue weighted by Gasteiger charge is -2.31. The molecular formula is C27H26F3N5O3. The minimum absolute atomic E-state index is 0.0441. The topological polar surface area (TPSA) is 74.4 Å². The number of ether oxygens (including phenoxy) is 2. The van der Waals surface area contributed by atoms with Crippen molar-refractivity contribution in [3.8, 4) is 22.6 Å².